The van der Waals surface area contributed by atoms with Gasteiger partial charge in [-0.3, -0.25) is 4.79 Å². The number of nitrogens with two attached hydrogens (primary N) is 1. The van der Waals surface area contributed by atoms with Crippen LogP contribution in [0.15, 0.2) is 47.6 Å². The Morgan fingerprint density at radius 2 is 1.81 bits per heavy atom. The van der Waals surface area contributed by atoms with E-state index in [1.807, 2.05) is 0 Å². The Morgan fingerprint density at radius 1 is 1.14 bits per heavy atom. The number of carbonyl (C=O) groups is 1. The van der Waals surface area contributed by atoms with Crippen LogP contribution >= 0.6 is 0 Å². The number of nitrogens with zero attached hydrogens (tertiary/aromatic N) is 1. The van der Waals surface area contributed by atoms with Gasteiger partial charge in [-0.25, -0.2) is 14.2 Å². The predicted octanol–water partition coefficient (Wildman–Crippen LogP) is 2.70. The number of carbonyl (C=O) groups excluding carboxylic acids is 1. The second-order valence-electron chi connectivity index (χ2n) is 4.38. The molecule has 2 aromatic carbocycles. The quantitative estimate of drug-likeness (QED) is 0.518. The van der Waals surface area contributed by atoms with Crippen molar-refractivity contribution in [1.29, 1.82) is 0 Å². The van der Waals surface area contributed by atoms with Gasteiger partial charge in [-0.1, -0.05) is 0 Å². The molecule has 0 atom stereocenters. The summed E-state index contributed by atoms with van der Waals surface area (Å²) in [7, 11) is 0. The summed E-state index contributed by atoms with van der Waals surface area (Å²) in [6, 6.07) is 9.42. The maximum absolute atomic E-state index is 13.5. The van der Waals surface area contributed by atoms with E-state index >= 15 is 0 Å². The van der Waals surface area contributed by atoms with Crippen molar-refractivity contribution >= 4 is 17.3 Å². The van der Waals surface area contributed by atoms with Crippen molar-refractivity contribution in [3.63, 3.8) is 0 Å². The molecule has 21 heavy (non-hydrogen) atoms. The molecule has 0 aliphatic carbocycles. The van der Waals surface area contributed by atoms with Crippen LogP contribution in [0.25, 0.3) is 0 Å². The minimum atomic E-state index is -0.738. The molecule has 0 saturated carbocycles. The summed E-state index contributed by atoms with van der Waals surface area (Å²) in [5.74, 6) is -1.86. The Hall–Kier alpha value is -2.76. The molecule has 0 unspecified atom stereocenters. The minimum absolute atomic E-state index is 0.119. The van der Waals surface area contributed by atoms with Gasteiger partial charge in [0.2, 0.25) is 0 Å². The van der Waals surface area contributed by atoms with E-state index in [9.17, 15) is 13.6 Å². The smallest absolute Gasteiger partial charge is 0.271 e. The number of halogens is 2. The van der Waals surface area contributed by atoms with Crippen molar-refractivity contribution in [3.8, 4) is 0 Å². The average molecular weight is 289 g/mol. The fourth-order valence-corrected chi connectivity index (χ4v) is 1.68. The Kier molecular flexibility index (Phi) is 4.27. The Labute approximate surface area is 120 Å². The van der Waals surface area contributed by atoms with Crippen LogP contribution in [0.5, 0.6) is 0 Å². The lowest BCUT2D eigenvalue weighted by atomic mass is 10.1. The number of hydrogen-bond acceptors (Lipinski definition) is 3. The van der Waals surface area contributed by atoms with E-state index in [4.69, 9.17) is 5.73 Å². The van der Waals surface area contributed by atoms with Crippen LogP contribution in [0.3, 0.4) is 0 Å². The lowest BCUT2D eigenvalue weighted by Gasteiger charge is -2.04. The monoisotopic (exact) mass is 289 g/mol. The van der Waals surface area contributed by atoms with Crippen molar-refractivity contribution in [1.82, 2.24) is 5.43 Å². The number of rotatable bonds is 3. The predicted molar refractivity (Wildman–Crippen MR) is 76.9 cm³/mol. The molecule has 1 amide bonds. The largest absolute Gasteiger partial charge is 0.399 e. The number of hydrazone groups is 1. The van der Waals surface area contributed by atoms with Crippen molar-refractivity contribution in [3.05, 3.63) is 65.2 Å². The highest BCUT2D eigenvalue weighted by molar-refractivity contribution is 6.01. The first-order valence-corrected chi connectivity index (χ1v) is 6.13. The maximum atomic E-state index is 13.5. The van der Waals surface area contributed by atoms with Crippen molar-refractivity contribution in [2.45, 2.75) is 6.92 Å². The lowest BCUT2D eigenvalue weighted by Crippen LogP contribution is -2.19. The fraction of sp³-hybridized carbons (Fsp3) is 0.0667. The molecule has 0 heterocycles. The number of nitrogen functional groups attached to an aromatic ring is 1. The number of benzene rings is 2. The molecule has 0 aliphatic rings. The molecule has 2 rings (SSSR count). The van der Waals surface area contributed by atoms with Crippen LogP contribution in [0.2, 0.25) is 0 Å². The van der Waals surface area contributed by atoms with Gasteiger partial charge in [0.25, 0.3) is 5.91 Å². The zero-order valence-corrected chi connectivity index (χ0v) is 11.2. The third-order valence-electron chi connectivity index (χ3n) is 2.82. The van der Waals surface area contributed by atoms with Gasteiger partial charge in [0, 0.05) is 22.9 Å². The fourth-order valence-electron chi connectivity index (χ4n) is 1.68. The van der Waals surface area contributed by atoms with Crippen LogP contribution < -0.4 is 11.2 Å². The molecule has 0 radical (unpaired) electrons. The molecule has 0 aromatic heterocycles. The van der Waals surface area contributed by atoms with Gasteiger partial charge in [0.1, 0.15) is 11.6 Å². The molecule has 0 bridgehead atoms. The van der Waals surface area contributed by atoms with E-state index in [-0.39, 0.29) is 11.3 Å². The van der Waals surface area contributed by atoms with Crippen molar-refractivity contribution < 1.29 is 13.6 Å². The lowest BCUT2D eigenvalue weighted by molar-refractivity contribution is 0.0955. The summed E-state index contributed by atoms with van der Waals surface area (Å²) in [5.41, 5.74) is 9.10. The van der Waals surface area contributed by atoms with Crippen LogP contribution in [0.1, 0.15) is 22.8 Å². The first-order chi connectivity index (χ1) is 9.97. The molecule has 0 aliphatic heterocycles. The van der Waals surface area contributed by atoms with E-state index < -0.39 is 17.5 Å². The van der Waals surface area contributed by atoms with Crippen LogP contribution in [0.4, 0.5) is 14.5 Å². The summed E-state index contributed by atoms with van der Waals surface area (Å²) in [4.78, 5) is 11.8. The number of anilines is 1. The SMILES string of the molecule is C/C(=N/NC(=O)c1ccc(N)cc1)c1ccc(F)cc1F. The maximum Gasteiger partial charge on any atom is 0.271 e. The highest BCUT2D eigenvalue weighted by Crippen LogP contribution is 2.10. The van der Waals surface area contributed by atoms with Crippen molar-refractivity contribution in [2.75, 3.05) is 5.73 Å². The van der Waals surface area contributed by atoms with E-state index in [1.54, 1.807) is 24.3 Å². The third kappa shape index (κ3) is 3.62. The normalized spacial score (nSPS) is 11.3. The standard InChI is InChI=1S/C15H13F2N3O/c1-9(13-7-4-11(16)8-14(13)17)19-20-15(21)10-2-5-12(18)6-3-10/h2-8H,18H2,1H3,(H,20,21)/b19-9-. The molecule has 4 nitrogen and oxygen atoms in total. The van der Waals surface area contributed by atoms with Gasteiger partial charge in [0.15, 0.2) is 0 Å². The first-order valence-electron chi connectivity index (χ1n) is 6.13. The Balaban J connectivity index is 2.12. The first kappa shape index (κ1) is 14.6. The zero-order chi connectivity index (χ0) is 15.4. The summed E-state index contributed by atoms with van der Waals surface area (Å²) in [5, 5.41) is 3.81. The second kappa shape index (κ2) is 6.13. The van der Waals surface area contributed by atoms with Gasteiger partial charge in [0.05, 0.1) is 5.71 Å². The van der Waals surface area contributed by atoms with Gasteiger partial charge < -0.3 is 5.73 Å². The summed E-state index contributed by atoms with van der Waals surface area (Å²) in [6.07, 6.45) is 0. The highest BCUT2D eigenvalue weighted by atomic mass is 19.1. The molecule has 108 valence electrons. The number of amides is 1. The molecule has 2 aromatic rings. The topological polar surface area (TPSA) is 67.5 Å². The number of hydrogen-bond donors (Lipinski definition) is 2. The minimum Gasteiger partial charge on any atom is -0.399 e. The van der Waals surface area contributed by atoms with E-state index in [2.05, 4.69) is 10.5 Å². The summed E-state index contributed by atoms with van der Waals surface area (Å²) < 4.78 is 26.4. The molecule has 3 N–H and O–H groups in total. The van der Waals surface area contributed by atoms with Crippen LogP contribution in [-0.2, 0) is 0 Å². The summed E-state index contributed by atoms with van der Waals surface area (Å²) in [6.45, 7) is 1.51. The third-order valence-corrected chi connectivity index (χ3v) is 2.82. The number of nitrogens with one attached hydrogen (secondary N) is 1. The highest BCUT2D eigenvalue weighted by Gasteiger charge is 2.08. The zero-order valence-electron chi connectivity index (χ0n) is 11.2. The van der Waals surface area contributed by atoms with Crippen LogP contribution in [-0.4, -0.2) is 11.6 Å². The Morgan fingerprint density at radius 3 is 2.43 bits per heavy atom. The molecule has 0 saturated heterocycles. The second-order valence-corrected chi connectivity index (χ2v) is 4.38. The average Bonchev–Trinajstić information content (AvgIpc) is 2.45. The summed E-state index contributed by atoms with van der Waals surface area (Å²) >= 11 is 0. The van der Waals surface area contributed by atoms with Gasteiger partial charge >= 0.3 is 0 Å². The van der Waals surface area contributed by atoms with Gasteiger partial charge in [-0.15, -0.1) is 0 Å². The van der Waals surface area contributed by atoms with Crippen LogP contribution in [0, 0.1) is 11.6 Å². The molecular formula is C15H13F2N3O. The Bertz CT molecular complexity index is 697. The van der Waals surface area contributed by atoms with Gasteiger partial charge in [-0.05, 0) is 43.3 Å². The molecule has 0 fully saturated rings. The van der Waals surface area contributed by atoms with E-state index in [0.717, 1.165) is 12.1 Å². The molecular weight excluding hydrogens is 276 g/mol. The molecule has 0 spiro atoms. The van der Waals surface area contributed by atoms with E-state index in [1.165, 1.54) is 13.0 Å². The van der Waals surface area contributed by atoms with E-state index in [0.29, 0.717) is 11.3 Å². The molecule has 6 heteroatoms. The van der Waals surface area contributed by atoms with Crippen molar-refractivity contribution in [2.24, 2.45) is 5.10 Å². The van der Waals surface area contributed by atoms with Gasteiger partial charge in [-0.2, -0.15) is 5.10 Å².